The standard InChI is InChI=1S/C44H68N2O19/c1-33-40(50)41(51)42(52)44(65-33)63-28-27-56-11-8-45-38(47)32-64-37-30-35(34-5-3-2-4-6-34)29-36(31-37)43(53)46-9-12-55-14-16-58-18-20-60-22-24-62-26-25-61-23-21-59-19-17-57-15-13-54-10-7-39(48)49/h2-6,29-31,33,40-42,44,50-52H,7-28,32H2,1H3,(H,45,47)(H,46,53)(H,48,49)/t33-,40-,41+,42+,44+/m0/s1. The van der Waals surface area contributed by atoms with Gasteiger partial charge >= 0.3 is 5.97 Å². The van der Waals surface area contributed by atoms with Crippen molar-refractivity contribution in [1.29, 1.82) is 0 Å². The summed E-state index contributed by atoms with van der Waals surface area (Å²) in [6.07, 6.45) is -5.83. The van der Waals surface area contributed by atoms with E-state index < -0.39 is 42.6 Å². The molecule has 2 aromatic carbocycles. The van der Waals surface area contributed by atoms with E-state index in [2.05, 4.69) is 10.6 Å². The van der Waals surface area contributed by atoms with E-state index in [4.69, 9.17) is 61.9 Å². The molecule has 2 amide bonds. The Morgan fingerprint density at radius 1 is 0.554 bits per heavy atom. The SMILES string of the molecule is C[C@@H]1O[C@@H](OCCOCCNC(=O)COc2cc(C(=O)NCCOCCOCCOCCOCCOCCOCCOCCOCCC(=O)O)cc(-c3ccccc3)c2)[C@H](O)[C@H](O)[C@H]1O. The van der Waals surface area contributed by atoms with Gasteiger partial charge in [-0.1, -0.05) is 30.3 Å². The van der Waals surface area contributed by atoms with Gasteiger partial charge < -0.3 is 87.9 Å². The number of aliphatic carboxylic acids is 1. The van der Waals surface area contributed by atoms with Crippen LogP contribution in [-0.2, 0) is 61.7 Å². The number of ether oxygens (including phenoxy) is 12. The first-order chi connectivity index (χ1) is 31.7. The average Bonchev–Trinajstić information content (AvgIpc) is 3.31. The van der Waals surface area contributed by atoms with Gasteiger partial charge in [-0.15, -0.1) is 0 Å². The summed E-state index contributed by atoms with van der Waals surface area (Å²) in [6.45, 7) is 8.21. The Morgan fingerprint density at radius 2 is 1.03 bits per heavy atom. The van der Waals surface area contributed by atoms with Gasteiger partial charge in [-0.2, -0.15) is 0 Å². The van der Waals surface area contributed by atoms with Crippen LogP contribution in [0, 0.1) is 0 Å². The third-order valence-electron chi connectivity index (χ3n) is 9.13. The van der Waals surface area contributed by atoms with Crippen LogP contribution in [0.4, 0.5) is 0 Å². The Labute approximate surface area is 379 Å². The van der Waals surface area contributed by atoms with Crippen LogP contribution in [0.25, 0.3) is 11.1 Å². The second-order valence-electron chi connectivity index (χ2n) is 14.2. The first-order valence-corrected chi connectivity index (χ1v) is 21.8. The molecule has 1 aliphatic heterocycles. The van der Waals surface area contributed by atoms with Crippen molar-refractivity contribution in [3.63, 3.8) is 0 Å². The number of hydrogen-bond acceptors (Lipinski definition) is 18. The normalized spacial score (nSPS) is 18.4. The topological polar surface area (TPSA) is 267 Å². The highest BCUT2D eigenvalue weighted by Crippen LogP contribution is 2.26. The van der Waals surface area contributed by atoms with Crippen LogP contribution < -0.4 is 15.4 Å². The minimum absolute atomic E-state index is 0.0224. The van der Waals surface area contributed by atoms with Gasteiger partial charge in [-0.05, 0) is 36.2 Å². The van der Waals surface area contributed by atoms with Crippen LogP contribution >= 0.6 is 0 Å². The van der Waals surface area contributed by atoms with Gasteiger partial charge in [0.1, 0.15) is 24.1 Å². The lowest BCUT2D eigenvalue weighted by molar-refractivity contribution is -0.294. The molecule has 1 heterocycles. The zero-order valence-corrected chi connectivity index (χ0v) is 37.2. The molecule has 65 heavy (non-hydrogen) atoms. The largest absolute Gasteiger partial charge is 0.484 e. The summed E-state index contributed by atoms with van der Waals surface area (Å²) >= 11 is 0. The molecule has 0 radical (unpaired) electrons. The third-order valence-corrected chi connectivity index (χ3v) is 9.13. The highest BCUT2D eigenvalue weighted by molar-refractivity contribution is 5.96. The molecule has 0 saturated carbocycles. The molecule has 5 atom stereocenters. The van der Waals surface area contributed by atoms with E-state index in [-0.39, 0.29) is 65.1 Å². The van der Waals surface area contributed by atoms with E-state index in [1.54, 1.807) is 25.1 Å². The lowest BCUT2D eigenvalue weighted by Crippen LogP contribution is -2.57. The van der Waals surface area contributed by atoms with Crippen molar-refractivity contribution in [2.24, 2.45) is 0 Å². The number of benzene rings is 2. The van der Waals surface area contributed by atoms with E-state index in [0.717, 1.165) is 11.1 Å². The summed E-state index contributed by atoms with van der Waals surface area (Å²) in [4.78, 5) is 36.0. The van der Waals surface area contributed by atoms with Crippen molar-refractivity contribution in [3.8, 4) is 16.9 Å². The minimum atomic E-state index is -1.40. The minimum Gasteiger partial charge on any atom is -0.484 e. The van der Waals surface area contributed by atoms with Crippen molar-refractivity contribution >= 4 is 17.8 Å². The molecule has 1 fully saturated rings. The van der Waals surface area contributed by atoms with E-state index >= 15 is 0 Å². The molecule has 3 rings (SSSR count). The van der Waals surface area contributed by atoms with Gasteiger partial charge in [0, 0.05) is 18.7 Å². The molecule has 368 valence electrons. The summed E-state index contributed by atoms with van der Waals surface area (Å²) in [5.41, 5.74) is 1.95. The van der Waals surface area contributed by atoms with Gasteiger partial charge in [0.15, 0.2) is 12.9 Å². The summed E-state index contributed by atoms with van der Waals surface area (Å²) in [5, 5.41) is 43.8. The highest BCUT2D eigenvalue weighted by Gasteiger charge is 2.42. The number of amides is 2. The number of carboxylic acids is 1. The maximum Gasteiger partial charge on any atom is 0.305 e. The first kappa shape index (κ1) is 55.4. The molecule has 0 bridgehead atoms. The maximum atomic E-state index is 13.1. The second-order valence-corrected chi connectivity index (χ2v) is 14.2. The number of carbonyl (C=O) groups is 3. The number of rotatable bonds is 39. The monoisotopic (exact) mass is 928 g/mol. The number of aliphatic hydroxyl groups is 3. The van der Waals surface area contributed by atoms with Crippen LogP contribution in [0.3, 0.4) is 0 Å². The molecular formula is C44H68N2O19. The van der Waals surface area contributed by atoms with Gasteiger partial charge in [0.25, 0.3) is 11.8 Å². The lowest BCUT2D eigenvalue weighted by Gasteiger charge is -2.38. The van der Waals surface area contributed by atoms with Crippen molar-refractivity contribution in [3.05, 3.63) is 54.1 Å². The Kier molecular flexibility index (Phi) is 30.1. The summed E-state index contributed by atoms with van der Waals surface area (Å²) < 4.78 is 65.4. The number of carbonyl (C=O) groups excluding carboxylic acids is 2. The summed E-state index contributed by atoms with van der Waals surface area (Å²) in [6, 6.07) is 14.5. The van der Waals surface area contributed by atoms with Crippen LogP contribution in [0.1, 0.15) is 23.7 Å². The Bertz CT molecular complexity index is 1560. The first-order valence-electron chi connectivity index (χ1n) is 21.8. The predicted octanol–water partition coefficient (Wildman–Crippen LogP) is 0.0466. The average molecular weight is 929 g/mol. The smallest absolute Gasteiger partial charge is 0.305 e. The fraction of sp³-hybridized carbons (Fsp3) is 0.659. The van der Waals surface area contributed by atoms with Crippen LogP contribution in [0.2, 0.25) is 0 Å². The van der Waals surface area contributed by atoms with Crippen LogP contribution in [-0.4, -0.2) is 214 Å². The van der Waals surface area contributed by atoms with Gasteiger partial charge in [0.05, 0.1) is 138 Å². The van der Waals surface area contributed by atoms with Crippen molar-refractivity contribution in [2.45, 2.75) is 44.1 Å². The molecular weight excluding hydrogens is 860 g/mol. The lowest BCUT2D eigenvalue weighted by atomic mass is 10.0. The van der Waals surface area contributed by atoms with Gasteiger partial charge in [0.2, 0.25) is 0 Å². The van der Waals surface area contributed by atoms with Crippen molar-refractivity contribution < 1.29 is 91.7 Å². The predicted molar refractivity (Wildman–Crippen MR) is 231 cm³/mol. The van der Waals surface area contributed by atoms with Crippen molar-refractivity contribution in [1.82, 2.24) is 10.6 Å². The summed E-state index contributed by atoms with van der Waals surface area (Å²) in [7, 11) is 0. The fourth-order valence-electron chi connectivity index (χ4n) is 5.69. The van der Waals surface area contributed by atoms with Gasteiger partial charge in [-0.25, -0.2) is 0 Å². The number of carboxylic acid groups (broad SMARTS) is 1. The molecule has 0 spiro atoms. The molecule has 6 N–H and O–H groups in total. The molecule has 0 aromatic heterocycles. The summed E-state index contributed by atoms with van der Waals surface area (Å²) in [5.74, 6) is -1.28. The molecule has 21 heteroatoms. The molecule has 2 aromatic rings. The highest BCUT2D eigenvalue weighted by atomic mass is 16.7. The molecule has 1 saturated heterocycles. The zero-order valence-electron chi connectivity index (χ0n) is 37.2. The Morgan fingerprint density at radius 3 is 1.55 bits per heavy atom. The number of hydrogen-bond donors (Lipinski definition) is 6. The maximum absolute atomic E-state index is 13.1. The second kappa shape index (κ2) is 35.3. The zero-order chi connectivity index (χ0) is 46.7. The quantitative estimate of drug-likeness (QED) is 0.0484. The van der Waals surface area contributed by atoms with E-state index in [1.165, 1.54) is 0 Å². The third kappa shape index (κ3) is 25.5. The number of aliphatic hydroxyl groups excluding tert-OH is 3. The Hall–Kier alpha value is -3.91. The van der Waals surface area contributed by atoms with E-state index in [0.29, 0.717) is 104 Å². The Balaban J connectivity index is 1.16. The van der Waals surface area contributed by atoms with Crippen molar-refractivity contribution in [2.75, 3.05) is 145 Å². The van der Waals surface area contributed by atoms with E-state index in [9.17, 15) is 29.7 Å². The van der Waals surface area contributed by atoms with E-state index in [1.807, 2.05) is 30.3 Å². The fourth-order valence-corrected chi connectivity index (χ4v) is 5.69. The molecule has 0 unspecified atom stereocenters. The molecule has 0 aliphatic carbocycles. The van der Waals surface area contributed by atoms with Crippen LogP contribution in [0.5, 0.6) is 5.75 Å². The van der Waals surface area contributed by atoms with Crippen LogP contribution in [0.15, 0.2) is 48.5 Å². The number of nitrogens with one attached hydrogen (secondary N) is 2. The molecule has 21 nitrogen and oxygen atoms in total. The van der Waals surface area contributed by atoms with Gasteiger partial charge in [-0.3, -0.25) is 14.4 Å². The molecule has 1 aliphatic rings.